The maximum Gasteiger partial charge on any atom is 0.311 e. The first kappa shape index (κ1) is 26.7. The number of benzene rings is 1. The molecule has 35 heavy (non-hydrogen) atoms. The first-order chi connectivity index (χ1) is 16.4. The summed E-state index contributed by atoms with van der Waals surface area (Å²) < 4.78 is 6.07. The largest absolute Gasteiger partial charge is 0.569 e. The summed E-state index contributed by atoms with van der Waals surface area (Å²) in [4.78, 5) is 22.5. The number of ether oxygens (including phenoxy) is 1. The summed E-state index contributed by atoms with van der Waals surface area (Å²) in [7, 11) is 1.62. The molecular weight excluding hydrogens is 472 g/mol. The molecule has 1 aliphatic heterocycles. The van der Waals surface area contributed by atoms with E-state index in [1.807, 2.05) is 46.8 Å². The number of aryl methyl sites for hydroxylation is 1. The van der Waals surface area contributed by atoms with Crippen LogP contribution in [-0.4, -0.2) is 45.2 Å². The van der Waals surface area contributed by atoms with Crippen molar-refractivity contribution in [1.29, 1.82) is 0 Å². The van der Waals surface area contributed by atoms with Crippen LogP contribution in [0.5, 0.6) is 0 Å². The molecule has 1 aromatic carbocycles. The summed E-state index contributed by atoms with van der Waals surface area (Å²) in [6, 6.07) is 7.40. The van der Waals surface area contributed by atoms with Crippen LogP contribution in [0.25, 0.3) is 0 Å². The minimum Gasteiger partial charge on any atom is -0.569 e. The third-order valence-electron chi connectivity index (χ3n) is 6.48. The Bertz CT molecular complexity index is 1080. The molecule has 0 saturated heterocycles. The number of hydrazine groups is 1. The number of carboxylic acid groups (broad SMARTS) is 1. The summed E-state index contributed by atoms with van der Waals surface area (Å²) in [6.45, 7) is 9.70. The fourth-order valence-corrected chi connectivity index (χ4v) is 4.24. The highest BCUT2D eigenvalue weighted by Gasteiger charge is 2.36. The SMILES string of the molecule is Cc1ncc2c(c1C(C(=O)O)[C@@H](C)CCON=[N+]([O-])N(C)C(C)(C)C)CO[C@H]2c1ccc(Cl)cc1. The second-order valence-electron chi connectivity index (χ2n) is 9.88. The van der Waals surface area contributed by atoms with Crippen molar-refractivity contribution in [3.05, 3.63) is 68.6 Å². The third kappa shape index (κ3) is 6.02. The Morgan fingerprint density at radius 3 is 2.66 bits per heavy atom. The molecule has 3 atom stereocenters. The van der Waals surface area contributed by atoms with Crippen LogP contribution in [0.3, 0.4) is 0 Å². The van der Waals surface area contributed by atoms with Crippen LogP contribution in [0.1, 0.15) is 74.1 Å². The number of carbonyl (C=O) groups is 1. The quantitative estimate of drug-likeness (QED) is 0.211. The number of carboxylic acids is 1. The molecule has 1 aliphatic rings. The lowest BCUT2D eigenvalue weighted by Gasteiger charge is -2.26. The summed E-state index contributed by atoms with van der Waals surface area (Å²) in [5, 5.41) is 27.8. The lowest BCUT2D eigenvalue weighted by Crippen LogP contribution is -2.42. The van der Waals surface area contributed by atoms with Crippen molar-refractivity contribution in [2.24, 2.45) is 11.2 Å². The van der Waals surface area contributed by atoms with Gasteiger partial charge in [-0.1, -0.05) is 30.7 Å². The standard InChI is InChI=1S/C25H33ClN4O5/c1-15(11-12-35-28-30(33)29(6)25(3,4)5)21(24(31)32)22-16(2)27-13-19-20(22)14-34-23(19)17-7-9-18(26)10-8-17/h7-10,13,15,21,23H,11-12,14H2,1-6H3,(H,31,32)/t15-,21?,23-/m0/s1. The molecule has 0 spiro atoms. The van der Waals surface area contributed by atoms with Gasteiger partial charge in [-0.25, -0.2) is 0 Å². The van der Waals surface area contributed by atoms with E-state index in [2.05, 4.69) is 10.3 Å². The highest BCUT2D eigenvalue weighted by molar-refractivity contribution is 6.30. The Kier molecular flexibility index (Phi) is 8.22. The molecule has 10 heteroatoms. The van der Waals surface area contributed by atoms with Gasteiger partial charge in [0.25, 0.3) is 0 Å². The zero-order valence-electron chi connectivity index (χ0n) is 21.0. The fourth-order valence-electron chi connectivity index (χ4n) is 4.12. The van der Waals surface area contributed by atoms with Crippen molar-refractivity contribution >= 4 is 17.6 Å². The van der Waals surface area contributed by atoms with Gasteiger partial charge < -0.3 is 19.9 Å². The average molecular weight is 505 g/mol. The van der Waals surface area contributed by atoms with E-state index < -0.39 is 17.4 Å². The Morgan fingerprint density at radius 1 is 1.40 bits per heavy atom. The number of nitrogens with zero attached hydrogens (tertiary/aromatic N) is 4. The van der Waals surface area contributed by atoms with Crippen LogP contribution in [0.2, 0.25) is 5.02 Å². The molecule has 0 saturated carbocycles. The molecule has 0 bridgehead atoms. The predicted molar refractivity (Wildman–Crippen MR) is 131 cm³/mol. The van der Waals surface area contributed by atoms with Crippen molar-refractivity contribution in [3.8, 4) is 0 Å². The number of hydrogen-bond acceptors (Lipinski definition) is 6. The minimum absolute atomic E-state index is 0.104. The Hall–Kier alpha value is -2.91. The number of aliphatic carboxylic acids is 1. The van der Waals surface area contributed by atoms with Crippen molar-refractivity contribution in [1.82, 2.24) is 9.99 Å². The Morgan fingerprint density at radius 2 is 2.06 bits per heavy atom. The topological polar surface area (TPSA) is 110 Å². The zero-order valence-corrected chi connectivity index (χ0v) is 21.7. The number of halogens is 1. The number of rotatable bonds is 9. The number of pyridine rings is 1. The van der Waals surface area contributed by atoms with Gasteiger partial charge in [-0.05, 0) is 68.9 Å². The molecule has 2 heterocycles. The van der Waals surface area contributed by atoms with Crippen LogP contribution >= 0.6 is 11.6 Å². The van der Waals surface area contributed by atoms with Crippen LogP contribution in [0, 0.1) is 18.0 Å². The second-order valence-corrected chi connectivity index (χ2v) is 10.3. The van der Waals surface area contributed by atoms with Gasteiger partial charge in [0, 0.05) is 22.5 Å². The number of aromatic nitrogens is 1. The lowest BCUT2D eigenvalue weighted by molar-refractivity contribution is -0.719. The van der Waals surface area contributed by atoms with E-state index >= 15 is 0 Å². The second kappa shape index (κ2) is 10.8. The molecular formula is C25H33ClN4O5. The van der Waals surface area contributed by atoms with Gasteiger partial charge in [0.2, 0.25) is 5.28 Å². The summed E-state index contributed by atoms with van der Waals surface area (Å²) in [5.41, 5.74) is 3.58. The molecule has 2 aromatic rings. The van der Waals surface area contributed by atoms with Crippen LogP contribution in [-0.2, 0) is 21.0 Å². The van der Waals surface area contributed by atoms with E-state index in [4.69, 9.17) is 21.2 Å². The monoisotopic (exact) mass is 504 g/mol. The lowest BCUT2D eigenvalue weighted by atomic mass is 9.81. The van der Waals surface area contributed by atoms with E-state index in [1.165, 1.54) is 5.01 Å². The molecule has 9 nitrogen and oxygen atoms in total. The first-order valence-electron chi connectivity index (χ1n) is 11.5. The van der Waals surface area contributed by atoms with Gasteiger partial charge in [0.1, 0.15) is 12.7 Å². The summed E-state index contributed by atoms with van der Waals surface area (Å²) >= 11 is 6.02. The highest BCUT2D eigenvalue weighted by Crippen LogP contribution is 2.42. The smallest absolute Gasteiger partial charge is 0.311 e. The molecule has 0 fully saturated rings. The van der Waals surface area contributed by atoms with Gasteiger partial charge in [-0.2, -0.15) is 0 Å². The van der Waals surface area contributed by atoms with Crippen LogP contribution < -0.4 is 0 Å². The average Bonchev–Trinajstić information content (AvgIpc) is 3.21. The molecule has 0 radical (unpaired) electrons. The van der Waals surface area contributed by atoms with Crippen LogP contribution in [0.4, 0.5) is 0 Å². The molecule has 1 N–H and O–H groups in total. The summed E-state index contributed by atoms with van der Waals surface area (Å²) in [5.74, 6) is -2.06. The van der Waals surface area contributed by atoms with Crippen molar-refractivity contribution < 1.29 is 24.4 Å². The van der Waals surface area contributed by atoms with E-state index in [-0.39, 0.29) is 18.6 Å². The van der Waals surface area contributed by atoms with Gasteiger partial charge in [0.15, 0.2) is 0 Å². The molecule has 1 aromatic heterocycles. The molecule has 0 amide bonds. The molecule has 3 rings (SSSR count). The van der Waals surface area contributed by atoms with Crippen molar-refractivity contribution in [3.63, 3.8) is 0 Å². The van der Waals surface area contributed by atoms with E-state index in [9.17, 15) is 15.1 Å². The minimum atomic E-state index is -0.944. The first-order valence-corrected chi connectivity index (χ1v) is 11.9. The predicted octanol–water partition coefficient (Wildman–Crippen LogP) is 5.40. The van der Waals surface area contributed by atoms with E-state index in [0.717, 1.165) is 16.7 Å². The van der Waals surface area contributed by atoms with E-state index in [1.54, 1.807) is 25.4 Å². The van der Waals surface area contributed by atoms with Gasteiger partial charge >= 0.3 is 5.97 Å². The van der Waals surface area contributed by atoms with Gasteiger partial charge in [-0.3, -0.25) is 9.78 Å². The van der Waals surface area contributed by atoms with Crippen molar-refractivity contribution in [2.45, 2.75) is 65.2 Å². The van der Waals surface area contributed by atoms with Crippen LogP contribution in [0.15, 0.2) is 35.7 Å². The highest BCUT2D eigenvalue weighted by atomic mass is 35.5. The molecule has 0 aliphatic carbocycles. The van der Waals surface area contributed by atoms with E-state index in [0.29, 0.717) is 34.3 Å². The van der Waals surface area contributed by atoms with Gasteiger partial charge in [0.05, 0.1) is 30.1 Å². The third-order valence-corrected chi connectivity index (χ3v) is 6.73. The summed E-state index contributed by atoms with van der Waals surface area (Å²) in [6.07, 6.45) is 1.82. The van der Waals surface area contributed by atoms with Crippen molar-refractivity contribution in [2.75, 3.05) is 13.7 Å². The van der Waals surface area contributed by atoms with Gasteiger partial charge in [-0.15, -0.1) is 5.01 Å². The molecule has 1 unspecified atom stereocenters. The Balaban J connectivity index is 1.79. The number of fused-ring (bicyclic) bond motifs is 1. The molecule has 190 valence electrons. The normalized spacial score (nSPS) is 17.6. The number of hydrogen-bond donors (Lipinski definition) is 1. The Labute approximate surface area is 210 Å². The maximum absolute atomic E-state index is 12.4. The maximum atomic E-state index is 12.4. The fraction of sp³-hybridized carbons (Fsp3) is 0.520. The zero-order chi connectivity index (χ0) is 25.9.